The van der Waals surface area contributed by atoms with Crippen LogP contribution in [0.3, 0.4) is 0 Å². The van der Waals surface area contributed by atoms with Crippen molar-refractivity contribution in [1.82, 2.24) is 0 Å². The van der Waals surface area contributed by atoms with E-state index in [1.165, 1.54) is 0 Å². The van der Waals surface area contributed by atoms with Crippen LogP contribution in [0.2, 0.25) is 0 Å². The van der Waals surface area contributed by atoms with E-state index >= 15 is 0 Å². The minimum atomic E-state index is -0.634. The summed E-state index contributed by atoms with van der Waals surface area (Å²) in [5.74, 6) is 0.277. The minimum Gasteiger partial charge on any atom is -0.497 e. The maximum Gasteiger partial charge on any atom is 0.163 e. The molecule has 0 radical (unpaired) electrons. The summed E-state index contributed by atoms with van der Waals surface area (Å²) in [6, 6.07) is 5.97. The lowest BCUT2D eigenvalue weighted by molar-refractivity contribution is -0.163. The van der Waals surface area contributed by atoms with Crippen molar-refractivity contribution in [2.24, 2.45) is 0 Å². The fraction of sp³-hybridized carbons (Fsp3) is 0.600. The minimum absolute atomic E-state index is 0.112. The third kappa shape index (κ3) is 2.48. The molecule has 1 aliphatic carbocycles. The highest BCUT2D eigenvalue weighted by Gasteiger charge is 2.53. The van der Waals surface area contributed by atoms with Gasteiger partial charge in [-0.15, -0.1) is 0 Å². The second-order valence-electron chi connectivity index (χ2n) is 5.90. The fourth-order valence-corrected chi connectivity index (χ4v) is 3.69. The van der Waals surface area contributed by atoms with Gasteiger partial charge in [0.1, 0.15) is 11.9 Å². The molecule has 0 unspecified atom stereocenters. The smallest absolute Gasteiger partial charge is 0.163 e. The maximum atomic E-state index is 10.2. The number of rotatable bonds is 2. The third-order valence-corrected chi connectivity index (χ3v) is 4.45. The number of halogens is 1. The van der Waals surface area contributed by atoms with Gasteiger partial charge in [0.2, 0.25) is 0 Å². The van der Waals surface area contributed by atoms with Crippen molar-refractivity contribution in [3.63, 3.8) is 0 Å². The highest BCUT2D eigenvalue weighted by Crippen LogP contribution is 2.47. The Labute approximate surface area is 127 Å². The van der Waals surface area contributed by atoms with Crippen molar-refractivity contribution in [2.45, 2.75) is 50.3 Å². The van der Waals surface area contributed by atoms with E-state index in [-0.39, 0.29) is 18.1 Å². The van der Waals surface area contributed by atoms with E-state index in [0.717, 1.165) is 15.8 Å². The molecule has 110 valence electrons. The third-order valence-electron chi connectivity index (χ3n) is 3.99. The molecular formula is C15H19BrO4. The fourth-order valence-electron chi connectivity index (χ4n) is 3.20. The molecule has 0 aromatic heterocycles. The molecule has 4 nitrogen and oxygen atoms in total. The summed E-state index contributed by atoms with van der Waals surface area (Å²) in [7, 11) is 1.65. The molecule has 1 saturated carbocycles. The Morgan fingerprint density at radius 3 is 2.65 bits per heavy atom. The van der Waals surface area contributed by atoms with Gasteiger partial charge in [-0.25, -0.2) is 0 Å². The van der Waals surface area contributed by atoms with Gasteiger partial charge in [-0.1, -0.05) is 15.9 Å². The lowest BCUT2D eigenvalue weighted by atomic mass is 9.95. The summed E-state index contributed by atoms with van der Waals surface area (Å²) in [6.45, 7) is 3.77. The van der Waals surface area contributed by atoms with Crippen molar-refractivity contribution in [3.05, 3.63) is 28.2 Å². The molecule has 1 saturated heterocycles. The van der Waals surface area contributed by atoms with Gasteiger partial charge in [0, 0.05) is 10.4 Å². The Hall–Kier alpha value is -0.620. The lowest BCUT2D eigenvalue weighted by Crippen LogP contribution is -2.28. The molecule has 0 bridgehead atoms. The van der Waals surface area contributed by atoms with Gasteiger partial charge in [0.25, 0.3) is 0 Å². The van der Waals surface area contributed by atoms with E-state index in [1.807, 2.05) is 26.0 Å². The Balaban J connectivity index is 1.93. The number of fused-ring (bicyclic) bond motifs is 1. The molecule has 1 aromatic carbocycles. The molecule has 1 N–H and O–H groups in total. The number of methoxy groups -OCH3 is 1. The van der Waals surface area contributed by atoms with Crippen LogP contribution in [-0.2, 0) is 9.47 Å². The number of hydrogen-bond acceptors (Lipinski definition) is 4. The molecule has 1 aromatic rings. The van der Waals surface area contributed by atoms with E-state index in [9.17, 15) is 5.11 Å². The number of benzene rings is 1. The highest BCUT2D eigenvalue weighted by molar-refractivity contribution is 9.10. The first kappa shape index (κ1) is 14.3. The number of ether oxygens (including phenoxy) is 3. The molecule has 3 rings (SSSR count). The zero-order valence-electron chi connectivity index (χ0n) is 11.8. The van der Waals surface area contributed by atoms with E-state index in [0.29, 0.717) is 6.42 Å². The molecule has 2 fully saturated rings. The van der Waals surface area contributed by atoms with Gasteiger partial charge in [-0.2, -0.15) is 0 Å². The van der Waals surface area contributed by atoms with Crippen LogP contribution in [0, 0.1) is 0 Å². The van der Waals surface area contributed by atoms with Gasteiger partial charge in [-0.05, 0) is 44.0 Å². The zero-order valence-corrected chi connectivity index (χ0v) is 13.4. The van der Waals surface area contributed by atoms with Crippen molar-refractivity contribution in [1.29, 1.82) is 0 Å². The first-order valence-electron chi connectivity index (χ1n) is 6.78. The second-order valence-corrected chi connectivity index (χ2v) is 6.81. The normalized spacial score (nSPS) is 35.0. The average molecular weight is 343 g/mol. The highest BCUT2D eigenvalue weighted by atomic mass is 79.9. The van der Waals surface area contributed by atoms with Crippen LogP contribution in [0.15, 0.2) is 22.7 Å². The zero-order chi connectivity index (χ0) is 14.5. The average Bonchev–Trinajstić information content (AvgIpc) is 2.83. The lowest BCUT2D eigenvalue weighted by Gasteiger charge is -2.23. The molecule has 1 heterocycles. The molecule has 0 spiro atoms. The van der Waals surface area contributed by atoms with Gasteiger partial charge in [0.15, 0.2) is 5.79 Å². The van der Waals surface area contributed by atoms with Crippen molar-refractivity contribution in [3.8, 4) is 5.75 Å². The molecule has 20 heavy (non-hydrogen) atoms. The molecule has 1 aliphatic heterocycles. The summed E-state index contributed by atoms with van der Waals surface area (Å²) in [5.41, 5.74) is 1.10. The maximum absolute atomic E-state index is 10.2. The Morgan fingerprint density at radius 2 is 1.95 bits per heavy atom. The summed E-state index contributed by atoms with van der Waals surface area (Å²) in [6.07, 6.45) is -0.207. The second kappa shape index (κ2) is 4.98. The molecular weight excluding hydrogens is 324 g/mol. The molecule has 2 aliphatic rings. The predicted octanol–water partition coefficient (Wildman–Crippen LogP) is 2.83. The largest absolute Gasteiger partial charge is 0.497 e. The SMILES string of the molecule is COc1cc(Br)cc([C@H]2C[C@H](O)[C@@H]3OC(C)(C)O[C@@H]32)c1. The van der Waals surface area contributed by atoms with Crippen molar-refractivity contribution < 1.29 is 19.3 Å². The van der Waals surface area contributed by atoms with Crippen LogP contribution in [-0.4, -0.2) is 36.3 Å². The van der Waals surface area contributed by atoms with Crippen LogP contribution in [0.1, 0.15) is 31.7 Å². The Morgan fingerprint density at radius 1 is 1.25 bits per heavy atom. The van der Waals surface area contributed by atoms with Crippen molar-refractivity contribution >= 4 is 15.9 Å². The van der Waals surface area contributed by atoms with Crippen LogP contribution in [0.25, 0.3) is 0 Å². The van der Waals surface area contributed by atoms with Gasteiger partial charge in [0.05, 0.1) is 19.3 Å². The predicted molar refractivity (Wildman–Crippen MR) is 77.9 cm³/mol. The van der Waals surface area contributed by atoms with Gasteiger partial charge >= 0.3 is 0 Å². The summed E-state index contributed by atoms with van der Waals surface area (Å²) >= 11 is 3.50. The molecule has 0 amide bonds. The van der Waals surface area contributed by atoms with Crippen LogP contribution >= 0.6 is 15.9 Å². The standard InChI is InChI=1S/C15H19BrO4/c1-15(2)19-13-11(7-12(17)14(13)20-15)8-4-9(16)6-10(5-8)18-3/h4-6,11-14,17H,7H2,1-3H3/t11-,12+,13-,14+/m1/s1. The first-order valence-corrected chi connectivity index (χ1v) is 7.57. The van der Waals surface area contributed by atoms with Crippen molar-refractivity contribution in [2.75, 3.05) is 7.11 Å². The monoisotopic (exact) mass is 342 g/mol. The quantitative estimate of drug-likeness (QED) is 0.897. The van der Waals surface area contributed by atoms with Gasteiger partial charge < -0.3 is 19.3 Å². The summed E-state index contributed by atoms with van der Waals surface area (Å²) < 4.78 is 18.1. The van der Waals surface area contributed by atoms with E-state index in [2.05, 4.69) is 22.0 Å². The summed E-state index contributed by atoms with van der Waals surface area (Å²) in [4.78, 5) is 0. The number of aliphatic hydroxyl groups excluding tert-OH is 1. The molecule has 5 heteroatoms. The van der Waals surface area contributed by atoms with E-state index in [1.54, 1.807) is 7.11 Å². The van der Waals surface area contributed by atoms with Crippen LogP contribution in [0.5, 0.6) is 5.75 Å². The topological polar surface area (TPSA) is 47.9 Å². The summed E-state index contributed by atoms with van der Waals surface area (Å²) in [5, 5.41) is 10.2. The Kier molecular flexibility index (Phi) is 3.57. The number of aliphatic hydroxyl groups is 1. The first-order chi connectivity index (χ1) is 9.39. The van der Waals surface area contributed by atoms with Crippen LogP contribution in [0.4, 0.5) is 0 Å². The van der Waals surface area contributed by atoms with E-state index < -0.39 is 11.9 Å². The van der Waals surface area contributed by atoms with Crippen LogP contribution < -0.4 is 4.74 Å². The van der Waals surface area contributed by atoms with E-state index in [4.69, 9.17) is 14.2 Å². The number of hydrogen-bond donors (Lipinski definition) is 1. The molecule has 4 atom stereocenters. The Bertz CT molecular complexity index is 517. The van der Waals surface area contributed by atoms with Gasteiger partial charge in [-0.3, -0.25) is 0 Å².